The fourth-order valence-corrected chi connectivity index (χ4v) is 3.16. The first kappa shape index (κ1) is 25.1. The Labute approximate surface area is 191 Å². The number of rotatable bonds is 9. The summed E-state index contributed by atoms with van der Waals surface area (Å²) >= 11 is 5.36. The molecule has 0 spiro atoms. The number of H-pyrrole nitrogens is 1. The molecule has 0 saturated heterocycles. The highest BCUT2D eigenvalue weighted by molar-refractivity contribution is 7.71. The van der Waals surface area contributed by atoms with Gasteiger partial charge in [-0.25, -0.2) is 15.2 Å². The summed E-state index contributed by atoms with van der Waals surface area (Å²) in [6, 6.07) is 6.64. The van der Waals surface area contributed by atoms with Crippen molar-refractivity contribution in [1.82, 2.24) is 20.0 Å². The minimum Gasteiger partial charge on any atom is -0.497 e. The molecular formula is C21H28N4O6S. The van der Waals surface area contributed by atoms with E-state index >= 15 is 0 Å². The fraction of sp³-hybridized carbons (Fsp3) is 0.429. The first-order chi connectivity index (χ1) is 15.1. The predicted molar refractivity (Wildman–Crippen MR) is 121 cm³/mol. The average molecular weight is 465 g/mol. The number of aromatic amines is 1. The van der Waals surface area contributed by atoms with Gasteiger partial charge >= 0.3 is 6.09 Å². The normalized spacial score (nSPS) is 11.0. The van der Waals surface area contributed by atoms with Crippen LogP contribution in [0.1, 0.15) is 20.8 Å². The van der Waals surface area contributed by atoms with Crippen molar-refractivity contribution in [3.05, 3.63) is 39.4 Å². The van der Waals surface area contributed by atoms with Gasteiger partial charge in [-0.3, -0.25) is 9.78 Å². The standard InChI is InChI=1S/C21H28N4O6S/c1-21(2,3)31-20(28)25(10-11-26)22-8-9-24-16(13-18(27)23-19(24)32)15-7-6-14(29-4)12-17(15)30-5/h6-7,11-13,22H,8-10H2,1-5H3,(H,23,27,32). The zero-order valence-corrected chi connectivity index (χ0v) is 19.6. The molecule has 1 aromatic heterocycles. The van der Waals surface area contributed by atoms with E-state index in [0.29, 0.717) is 29.0 Å². The van der Waals surface area contributed by atoms with E-state index in [0.717, 1.165) is 5.01 Å². The number of carbonyl (C=O) groups excluding carboxylic acids is 2. The van der Waals surface area contributed by atoms with E-state index < -0.39 is 11.7 Å². The molecule has 0 fully saturated rings. The van der Waals surface area contributed by atoms with Gasteiger partial charge < -0.3 is 23.6 Å². The molecule has 174 valence electrons. The number of ether oxygens (including phenoxy) is 3. The van der Waals surface area contributed by atoms with Crippen molar-refractivity contribution in [3.8, 4) is 22.8 Å². The molecule has 0 aliphatic carbocycles. The zero-order chi connectivity index (χ0) is 23.9. The molecule has 0 saturated carbocycles. The van der Waals surface area contributed by atoms with Gasteiger partial charge in [-0.05, 0) is 45.1 Å². The van der Waals surface area contributed by atoms with Crippen molar-refractivity contribution in [2.75, 3.05) is 27.3 Å². The third-order valence-corrected chi connectivity index (χ3v) is 4.55. The number of methoxy groups -OCH3 is 2. The van der Waals surface area contributed by atoms with Crippen LogP contribution in [0.25, 0.3) is 11.3 Å². The van der Waals surface area contributed by atoms with Gasteiger partial charge in [0.1, 0.15) is 23.4 Å². The van der Waals surface area contributed by atoms with Crippen molar-refractivity contribution < 1.29 is 23.8 Å². The summed E-state index contributed by atoms with van der Waals surface area (Å²) in [5, 5.41) is 1.08. The Bertz CT molecular complexity index is 1070. The summed E-state index contributed by atoms with van der Waals surface area (Å²) in [7, 11) is 3.06. The van der Waals surface area contributed by atoms with Crippen LogP contribution in [0.2, 0.25) is 0 Å². The molecule has 1 aromatic carbocycles. The number of hydrogen-bond acceptors (Lipinski definition) is 8. The topological polar surface area (TPSA) is 115 Å². The number of nitrogens with zero attached hydrogens (tertiary/aromatic N) is 2. The number of carbonyl (C=O) groups is 2. The zero-order valence-electron chi connectivity index (χ0n) is 18.8. The highest BCUT2D eigenvalue weighted by Crippen LogP contribution is 2.32. The Morgan fingerprint density at radius 1 is 1.25 bits per heavy atom. The summed E-state index contributed by atoms with van der Waals surface area (Å²) in [6.45, 7) is 5.51. The molecule has 0 unspecified atom stereocenters. The first-order valence-electron chi connectivity index (χ1n) is 9.84. The number of aldehydes is 1. The maximum absolute atomic E-state index is 12.3. The Kier molecular flexibility index (Phi) is 8.56. The average Bonchev–Trinajstić information content (AvgIpc) is 2.72. The van der Waals surface area contributed by atoms with Gasteiger partial charge in [0.05, 0.1) is 26.5 Å². The minimum absolute atomic E-state index is 0.189. The molecule has 0 aliphatic heterocycles. The summed E-state index contributed by atoms with van der Waals surface area (Å²) < 4.78 is 17.9. The second kappa shape index (κ2) is 10.9. The SMILES string of the molecule is COc1ccc(-c2cc(=O)[nH]c(=S)n2CCNN(CC=O)C(=O)OC(C)(C)C)c(OC)c1. The summed E-state index contributed by atoms with van der Waals surface area (Å²) in [5.41, 5.74) is 2.98. The van der Waals surface area contributed by atoms with Crippen molar-refractivity contribution in [2.45, 2.75) is 32.9 Å². The van der Waals surface area contributed by atoms with Gasteiger partial charge in [0, 0.05) is 30.8 Å². The Balaban J connectivity index is 2.31. The van der Waals surface area contributed by atoms with Gasteiger partial charge in [-0.15, -0.1) is 0 Å². The summed E-state index contributed by atoms with van der Waals surface area (Å²) in [4.78, 5) is 38.0. The number of amides is 1. The Morgan fingerprint density at radius 2 is 1.97 bits per heavy atom. The molecule has 10 nitrogen and oxygen atoms in total. The third-order valence-electron chi connectivity index (χ3n) is 4.23. The lowest BCUT2D eigenvalue weighted by molar-refractivity contribution is -0.109. The monoisotopic (exact) mass is 464 g/mol. The van der Waals surface area contributed by atoms with E-state index in [1.807, 2.05) is 0 Å². The number of benzene rings is 1. The predicted octanol–water partition coefficient (Wildman–Crippen LogP) is 2.53. The van der Waals surface area contributed by atoms with Crippen LogP contribution in [-0.4, -0.2) is 59.8 Å². The van der Waals surface area contributed by atoms with E-state index in [9.17, 15) is 14.4 Å². The molecule has 2 aromatic rings. The Hall–Kier alpha value is -3.18. The van der Waals surface area contributed by atoms with Crippen LogP contribution in [0.15, 0.2) is 29.1 Å². The molecule has 2 rings (SSSR count). The third kappa shape index (κ3) is 6.66. The molecule has 32 heavy (non-hydrogen) atoms. The van der Waals surface area contributed by atoms with Crippen LogP contribution >= 0.6 is 12.2 Å². The largest absolute Gasteiger partial charge is 0.497 e. The Morgan fingerprint density at radius 3 is 2.56 bits per heavy atom. The molecule has 1 amide bonds. The molecular weight excluding hydrogens is 436 g/mol. The maximum atomic E-state index is 12.3. The van der Waals surface area contributed by atoms with E-state index in [1.165, 1.54) is 13.2 Å². The van der Waals surface area contributed by atoms with Gasteiger partial charge in [0.15, 0.2) is 4.77 Å². The van der Waals surface area contributed by atoms with E-state index in [-0.39, 0.29) is 30.0 Å². The van der Waals surface area contributed by atoms with E-state index in [1.54, 1.807) is 50.6 Å². The number of hydrogen-bond donors (Lipinski definition) is 2. The fourth-order valence-electron chi connectivity index (χ4n) is 2.87. The maximum Gasteiger partial charge on any atom is 0.425 e. The van der Waals surface area contributed by atoms with Crippen LogP contribution in [0.5, 0.6) is 11.5 Å². The van der Waals surface area contributed by atoms with Gasteiger partial charge in [-0.1, -0.05) is 0 Å². The number of hydrazine groups is 1. The van der Waals surface area contributed by atoms with E-state index in [4.69, 9.17) is 26.4 Å². The second-order valence-electron chi connectivity index (χ2n) is 7.71. The van der Waals surface area contributed by atoms with Crippen LogP contribution < -0.4 is 20.5 Å². The highest BCUT2D eigenvalue weighted by Gasteiger charge is 2.22. The lowest BCUT2D eigenvalue weighted by atomic mass is 10.1. The van der Waals surface area contributed by atoms with Crippen molar-refractivity contribution in [3.63, 3.8) is 0 Å². The van der Waals surface area contributed by atoms with E-state index in [2.05, 4.69) is 10.4 Å². The van der Waals surface area contributed by atoms with Crippen LogP contribution in [0, 0.1) is 4.77 Å². The van der Waals surface area contributed by atoms with Crippen LogP contribution in [-0.2, 0) is 16.1 Å². The summed E-state index contributed by atoms with van der Waals surface area (Å²) in [6.07, 6.45) is -0.0809. The molecule has 0 atom stereocenters. The molecule has 2 N–H and O–H groups in total. The minimum atomic E-state index is -0.709. The van der Waals surface area contributed by atoms with Crippen LogP contribution in [0.4, 0.5) is 4.79 Å². The number of aromatic nitrogens is 2. The molecule has 0 aliphatic rings. The first-order valence-corrected chi connectivity index (χ1v) is 10.2. The molecule has 11 heteroatoms. The highest BCUT2D eigenvalue weighted by atomic mass is 32.1. The lowest BCUT2D eigenvalue weighted by Gasteiger charge is -2.26. The van der Waals surface area contributed by atoms with Crippen molar-refractivity contribution in [2.24, 2.45) is 0 Å². The van der Waals surface area contributed by atoms with Crippen molar-refractivity contribution >= 4 is 24.6 Å². The van der Waals surface area contributed by atoms with Crippen molar-refractivity contribution in [1.29, 1.82) is 0 Å². The quantitative estimate of drug-likeness (QED) is 0.331. The number of nitrogens with one attached hydrogen (secondary N) is 2. The van der Waals surface area contributed by atoms with Gasteiger partial charge in [0.2, 0.25) is 0 Å². The van der Waals surface area contributed by atoms with Gasteiger partial charge in [-0.2, -0.15) is 0 Å². The van der Waals surface area contributed by atoms with Crippen LogP contribution in [0.3, 0.4) is 0 Å². The summed E-state index contributed by atoms with van der Waals surface area (Å²) in [5.74, 6) is 1.10. The lowest BCUT2D eigenvalue weighted by Crippen LogP contribution is -2.47. The molecule has 0 radical (unpaired) electrons. The molecule has 1 heterocycles. The molecule has 0 bridgehead atoms. The smallest absolute Gasteiger partial charge is 0.425 e. The second-order valence-corrected chi connectivity index (χ2v) is 8.09. The van der Waals surface area contributed by atoms with Gasteiger partial charge in [0.25, 0.3) is 5.56 Å².